The Labute approximate surface area is 107 Å². The van der Waals surface area contributed by atoms with Crippen LogP contribution in [-0.2, 0) is 0 Å². The Morgan fingerprint density at radius 3 is 2.72 bits per heavy atom. The summed E-state index contributed by atoms with van der Waals surface area (Å²) in [6, 6.07) is 3.40. The van der Waals surface area contributed by atoms with Crippen molar-refractivity contribution >= 4 is 5.91 Å². The Bertz CT molecular complexity index is 461. The number of aromatic nitrogens is 1. The van der Waals surface area contributed by atoms with Crippen molar-refractivity contribution in [2.24, 2.45) is 0 Å². The summed E-state index contributed by atoms with van der Waals surface area (Å²) in [5, 5.41) is 0. The average molecular weight is 248 g/mol. The molecule has 98 valence electrons. The van der Waals surface area contributed by atoms with Gasteiger partial charge in [0.2, 0.25) is 5.56 Å². The predicted molar refractivity (Wildman–Crippen MR) is 70.6 cm³/mol. The number of rotatable bonds is 3. The van der Waals surface area contributed by atoms with Crippen LogP contribution in [0.15, 0.2) is 23.1 Å². The van der Waals surface area contributed by atoms with Crippen LogP contribution in [0.1, 0.15) is 49.4 Å². The minimum atomic E-state index is -0.222. The lowest BCUT2D eigenvalue weighted by Crippen LogP contribution is -2.41. The maximum atomic E-state index is 12.4. The highest BCUT2D eigenvalue weighted by atomic mass is 16.2. The maximum Gasteiger partial charge on any atom is 0.254 e. The molecule has 0 radical (unpaired) electrons. The van der Waals surface area contributed by atoms with E-state index >= 15 is 0 Å². The zero-order valence-corrected chi connectivity index (χ0v) is 10.8. The number of nitrogens with zero attached hydrogens (tertiary/aromatic N) is 1. The molecule has 1 amide bonds. The first-order chi connectivity index (χ1) is 8.72. The molecule has 1 saturated carbocycles. The Morgan fingerprint density at radius 2 is 2.11 bits per heavy atom. The molecular formula is C14H20N2O2. The number of amides is 1. The minimum absolute atomic E-state index is 0.0181. The fourth-order valence-corrected chi connectivity index (χ4v) is 2.70. The summed E-state index contributed by atoms with van der Waals surface area (Å²) in [6.07, 6.45) is 7.37. The second-order valence-electron chi connectivity index (χ2n) is 4.82. The average Bonchev–Trinajstić information content (AvgIpc) is 2.41. The summed E-state index contributed by atoms with van der Waals surface area (Å²) >= 11 is 0. The van der Waals surface area contributed by atoms with Gasteiger partial charge in [0, 0.05) is 30.4 Å². The number of hydrogen-bond donors (Lipinski definition) is 1. The fraction of sp³-hybridized carbons (Fsp3) is 0.571. The van der Waals surface area contributed by atoms with E-state index in [2.05, 4.69) is 4.98 Å². The van der Waals surface area contributed by atoms with Crippen LogP contribution in [0.25, 0.3) is 0 Å². The molecule has 18 heavy (non-hydrogen) atoms. The van der Waals surface area contributed by atoms with Crippen LogP contribution in [0.4, 0.5) is 0 Å². The van der Waals surface area contributed by atoms with Crippen molar-refractivity contribution in [3.63, 3.8) is 0 Å². The van der Waals surface area contributed by atoms with Crippen LogP contribution in [-0.4, -0.2) is 28.4 Å². The molecule has 1 N–H and O–H groups in total. The first kappa shape index (κ1) is 12.9. The van der Waals surface area contributed by atoms with E-state index in [1.165, 1.54) is 31.5 Å². The molecule has 4 nitrogen and oxygen atoms in total. The normalized spacial score (nSPS) is 16.5. The molecule has 0 aliphatic heterocycles. The monoisotopic (exact) mass is 248 g/mol. The number of hydrogen-bond acceptors (Lipinski definition) is 2. The van der Waals surface area contributed by atoms with Gasteiger partial charge in [-0.2, -0.15) is 0 Å². The van der Waals surface area contributed by atoms with Gasteiger partial charge in [0.05, 0.1) is 0 Å². The van der Waals surface area contributed by atoms with E-state index in [0.29, 0.717) is 18.2 Å². The molecule has 1 heterocycles. The summed E-state index contributed by atoms with van der Waals surface area (Å²) in [4.78, 5) is 28.1. The van der Waals surface area contributed by atoms with Crippen LogP contribution >= 0.6 is 0 Å². The molecule has 0 saturated heterocycles. The molecule has 0 unspecified atom stereocenters. The summed E-state index contributed by atoms with van der Waals surface area (Å²) < 4.78 is 0. The van der Waals surface area contributed by atoms with E-state index in [1.807, 2.05) is 11.8 Å². The highest BCUT2D eigenvalue weighted by Crippen LogP contribution is 2.23. The molecule has 1 fully saturated rings. The third-order valence-corrected chi connectivity index (χ3v) is 3.64. The van der Waals surface area contributed by atoms with E-state index < -0.39 is 0 Å². The quantitative estimate of drug-likeness (QED) is 0.891. The van der Waals surface area contributed by atoms with Crippen molar-refractivity contribution in [3.05, 3.63) is 34.2 Å². The lowest BCUT2D eigenvalue weighted by atomic mass is 9.94. The van der Waals surface area contributed by atoms with Crippen molar-refractivity contribution in [2.45, 2.75) is 45.1 Å². The number of nitrogens with one attached hydrogen (secondary N) is 1. The molecular weight excluding hydrogens is 228 g/mol. The smallest absolute Gasteiger partial charge is 0.254 e. The highest BCUT2D eigenvalue weighted by Gasteiger charge is 2.24. The SMILES string of the molecule is CCN(C(=O)c1cc[nH]c(=O)c1)C1CCCCC1. The summed E-state index contributed by atoms with van der Waals surface area (Å²) in [5.41, 5.74) is 0.270. The van der Waals surface area contributed by atoms with Gasteiger partial charge in [-0.1, -0.05) is 19.3 Å². The van der Waals surface area contributed by atoms with Gasteiger partial charge in [-0.05, 0) is 25.8 Å². The third-order valence-electron chi connectivity index (χ3n) is 3.64. The lowest BCUT2D eigenvalue weighted by molar-refractivity contribution is 0.0647. The van der Waals surface area contributed by atoms with E-state index in [-0.39, 0.29) is 11.5 Å². The number of H-pyrrole nitrogens is 1. The van der Waals surface area contributed by atoms with Crippen LogP contribution in [0.5, 0.6) is 0 Å². The van der Waals surface area contributed by atoms with Crippen molar-refractivity contribution in [3.8, 4) is 0 Å². The van der Waals surface area contributed by atoms with Crippen molar-refractivity contribution < 1.29 is 4.79 Å². The summed E-state index contributed by atoms with van der Waals surface area (Å²) in [6.45, 7) is 2.70. The summed E-state index contributed by atoms with van der Waals surface area (Å²) in [7, 11) is 0. The zero-order chi connectivity index (χ0) is 13.0. The highest BCUT2D eigenvalue weighted by molar-refractivity contribution is 5.94. The number of carbonyl (C=O) groups excluding carboxylic acids is 1. The molecule has 1 aliphatic carbocycles. The predicted octanol–water partition coefficient (Wildman–Crippen LogP) is 2.17. The van der Waals surface area contributed by atoms with Gasteiger partial charge in [-0.25, -0.2) is 0 Å². The molecule has 4 heteroatoms. The third kappa shape index (κ3) is 2.81. The van der Waals surface area contributed by atoms with Gasteiger partial charge >= 0.3 is 0 Å². The second-order valence-corrected chi connectivity index (χ2v) is 4.82. The largest absolute Gasteiger partial charge is 0.336 e. The van der Waals surface area contributed by atoms with Crippen LogP contribution in [0.3, 0.4) is 0 Å². The van der Waals surface area contributed by atoms with Gasteiger partial charge in [0.25, 0.3) is 5.91 Å². The lowest BCUT2D eigenvalue weighted by Gasteiger charge is -2.33. The van der Waals surface area contributed by atoms with Gasteiger partial charge < -0.3 is 9.88 Å². The van der Waals surface area contributed by atoms with E-state index in [1.54, 1.807) is 6.07 Å². The zero-order valence-electron chi connectivity index (χ0n) is 10.8. The van der Waals surface area contributed by atoms with Crippen molar-refractivity contribution in [2.75, 3.05) is 6.54 Å². The molecule has 0 spiro atoms. The number of carbonyl (C=O) groups is 1. The Morgan fingerprint density at radius 1 is 1.39 bits per heavy atom. The van der Waals surface area contributed by atoms with Crippen LogP contribution in [0, 0.1) is 0 Å². The molecule has 0 atom stereocenters. The van der Waals surface area contributed by atoms with Crippen molar-refractivity contribution in [1.29, 1.82) is 0 Å². The van der Waals surface area contributed by atoms with Gasteiger partial charge in [-0.3, -0.25) is 9.59 Å². The molecule has 2 rings (SSSR count). The molecule has 1 aliphatic rings. The van der Waals surface area contributed by atoms with Gasteiger partial charge in [-0.15, -0.1) is 0 Å². The standard InChI is InChI=1S/C14H20N2O2/c1-2-16(12-6-4-3-5-7-12)14(18)11-8-9-15-13(17)10-11/h8-10,12H,2-7H2,1H3,(H,15,17). The molecule has 0 bridgehead atoms. The molecule has 1 aromatic rings. The topological polar surface area (TPSA) is 53.2 Å². The Kier molecular flexibility index (Phi) is 4.18. The Hall–Kier alpha value is -1.58. The molecule has 0 aromatic carbocycles. The van der Waals surface area contributed by atoms with Crippen LogP contribution in [0.2, 0.25) is 0 Å². The second kappa shape index (κ2) is 5.85. The van der Waals surface area contributed by atoms with Gasteiger partial charge in [0.15, 0.2) is 0 Å². The fourth-order valence-electron chi connectivity index (χ4n) is 2.70. The van der Waals surface area contributed by atoms with E-state index in [0.717, 1.165) is 12.8 Å². The first-order valence-electron chi connectivity index (χ1n) is 6.72. The Balaban J connectivity index is 2.16. The maximum absolute atomic E-state index is 12.4. The van der Waals surface area contributed by atoms with E-state index in [4.69, 9.17) is 0 Å². The van der Waals surface area contributed by atoms with Crippen LogP contribution < -0.4 is 5.56 Å². The minimum Gasteiger partial charge on any atom is -0.336 e. The van der Waals surface area contributed by atoms with Crippen molar-refractivity contribution in [1.82, 2.24) is 9.88 Å². The number of pyridine rings is 1. The number of aromatic amines is 1. The van der Waals surface area contributed by atoms with E-state index in [9.17, 15) is 9.59 Å². The summed E-state index contributed by atoms with van der Waals surface area (Å²) in [5.74, 6) is -0.0181. The van der Waals surface area contributed by atoms with Gasteiger partial charge in [0.1, 0.15) is 0 Å². The molecule has 1 aromatic heterocycles. The first-order valence-corrected chi connectivity index (χ1v) is 6.72.